The van der Waals surface area contributed by atoms with Gasteiger partial charge in [0.05, 0.1) is 0 Å². The fraction of sp³-hybridized carbons (Fsp3) is 0.667. The highest BCUT2D eigenvalue weighted by atomic mass is 35.5. The minimum Gasteiger partial charge on any atom is -0.333 e. The van der Waals surface area contributed by atoms with Crippen molar-refractivity contribution in [2.24, 2.45) is 7.05 Å². The standard InChI is InChI=1S/C12H20ClN3O/c1-4-10(5-2)16(9-7-13)12(17)11-6-8-14-15(11)3/h6,8,10H,4-5,7,9H2,1-3H3. The van der Waals surface area contributed by atoms with Gasteiger partial charge in [0, 0.05) is 31.7 Å². The van der Waals surface area contributed by atoms with Crippen molar-refractivity contribution in [3.05, 3.63) is 18.0 Å². The van der Waals surface area contributed by atoms with Gasteiger partial charge in [0.15, 0.2) is 0 Å². The molecule has 0 N–H and O–H groups in total. The average Bonchev–Trinajstić information content (AvgIpc) is 2.75. The molecule has 0 aliphatic heterocycles. The van der Waals surface area contributed by atoms with Gasteiger partial charge in [0.2, 0.25) is 0 Å². The molecule has 0 fully saturated rings. The Morgan fingerprint density at radius 3 is 2.59 bits per heavy atom. The van der Waals surface area contributed by atoms with E-state index in [-0.39, 0.29) is 11.9 Å². The van der Waals surface area contributed by atoms with Gasteiger partial charge < -0.3 is 4.90 Å². The summed E-state index contributed by atoms with van der Waals surface area (Å²) >= 11 is 5.78. The van der Waals surface area contributed by atoms with Crippen LogP contribution in [-0.2, 0) is 7.05 Å². The molecule has 1 aromatic heterocycles. The lowest BCUT2D eigenvalue weighted by Gasteiger charge is -2.29. The van der Waals surface area contributed by atoms with Crippen molar-refractivity contribution in [1.82, 2.24) is 14.7 Å². The van der Waals surface area contributed by atoms with Crippen molar-refractivity contribution in [2.45, 2.75) is 32.7 Å². The van der Waals surface area contributed by atoms with Gasteiger partial charge in [-0.25, -0.2) is 0 Å². The first-order valence-electron chi connectivity index (χ1n) is 6.00. The maximum Gasteiger partial charge on any atom is 0.272 e. The highest BCUT2D eigenvalue weighted by Crippen LogP contribution is 2.13. The average molecular weight is 258 g/mol. The van der Waals surface area contributed by atoms with Crippen LogP contribution in [0, 0.1) is 0 Å². The molecule has 1 heterocycles. The Bertz CT molecular complexity index is 360. The van der Waals surface area contributed by atoms with E-state index in [0.29, 0.717) is 18.1 Å². The molecule has 4 nitrogen and oxygen atoms in total. The topological polar surface area (TPSA) is 38.1 Å². The molecule has 0 saturated carbocycles. The number of rotatable bonds is 6. The fourth-order valence-electron chi connectivity index (χ4n) is 2.00. The smallest absolute Gasteiger partial charge is 0.272 e. The lowest BCUT2D eigenvalue weighted by molar-refractivity contribution is 0.0670. The zero-order valence-corrected chi connectivity index (χ0v) is 11.4. The van der Waals surface area contributed by atoms with Crippen LogP contribution in [0.25, 0.3) is 0 Å². The Balaban J connectivity index is 2.91. The van der Waals surface area contributed by atoms with E-state index in [9.17, 15) is 4.79 Å². The number of aryl methyl sites for hydroxylation is 1. The first kappa shape index (κ1) is 14.0. The molecule has 0 unspecified atom stereocenters. The monoisotopic (exact) mass is 257 g/mol. The Kier molecular flexibility index (Phi) is 5.48. The Morgan fingerprint density at radius 2 is 2.18 bits per heavy atom. The largest absolute Gasteiger partial charge is 0.333 e. The molecule has 1 rings (SSSR count). The third-order valence-corrected chi connectivity index (χ3v) is 3.18. The van der Waals surface area contributed by atoms with Gasteiger partial charge >= 0.3 is 0 Å². The van der Waals surface area contributed by atoms with E-state index in [1.807, 2.05) is 4.90 Å². The van der Waals surface area contributed by atoms with E-state index in [1.165, 1.54) is 0 Å². The lowest BCUT2D eigenvalue weighted by Crippen LogP contribution is -2.41. The second kappa shape index (κ2) is 6.64. The van der Waals surface area contributed by atoms with Crippen molar-refractivity contribution >= 4 is 17.5 Å². The van der Waals surface area contributed by atoms with Crippen LogP contribution >= 0.6 is 11.6 Å². The molecule has 96 valence electrons. The normalized spacial score (nSPS) is 10.9. The van der Waals surface area contributed by atoms with Gasteiger partial charge in [-0.2, -0.15) is 5.10 Å². The summed E-state index contributed by atoms with van der Waals surface area (Å²) in [6.45, 7) is 4.76. The van der Waals surface area contributed by atoms with Gasteiger partial charge in [-0.15, -0.1) is 11.6 Å². The van der Waals surface area contributed by atoms with Crippen LogP contribution in [0.15, 0.2) is 12.3 Å². The maximum absolute atomic E-state index is 12.4. The summed E-state index contributed by atoms with van der Waals surface area (Å²) < 4.78 is 1.60. The van der Waals surface area contributed by atoms with Crippen LogP contribution in [0.5, 0.6) is 0 Å². The second-order valence-electron chi connectivity index (χ2n) is 4.00. The molecule has 5 heteroatoms. The molecule has 1 aromatic rings. The molecular weight excluding hydrogens is 238 g/mol. The number of alkyl halides is 1. The molecular formula is C12H20ClN3O. The van der Waals surface area contributed by atoms with Crippen LogP contribution in [0.4, 0.5) is 0 Å². The van der Waals surface area contributed by atoms with E-state index in [4.69, 9.17) is 11.6 Å². The number of nitrogens with zero attached hydrogens (tertiary/aromatic N) is 3. The van der Waals surface area contributed by atoms with E-state index < -0.39 is 0 Å². The van der Waals surface area contributed by atoms with E-state index >= 15 is 0 Å². The predicted octanol–water partition coefficient (Wildman–Crippen LogP) is 2.29. The summed E-state index contributed by atoms with van der Waals surface area (Å²) in [5.41, 5.74) is 0.613. The molecule has 0 bridgehead atoms. The van der Waals surface area contributed by atoms with E-state index in [1.54, 1.807) is 24.0 Å². The molecule has 0 radical (unpaired) electrons. The minimum atomic E-state index is 0.0133. The summed E-state index contributed by atoms with van der Waals surface area (Å²) in [4.78, 5) is 14.2. The summed E-state index contributed by atoms with van der Waals surface area (Å²) in [6, 6.07) is 1.99. The summed E-state index contributed by atoms with van der Waals surface area (Å²) in [5.74, 6) is 0.472. The Morgan fingerprint density at radius 1 is 1.53 bits per heavy atom. The van der Waals surface area contributed by atoms with Crippen molar-refractivity contribution < 1.29 is 4.79 Å². The third-order valence-electron chi connectivity index (χ3n) is 3.01. The van der Waals surface area contributed by atoms with Crippen LogP contribution in [0.2, 0.25) is 0 Å². The molecule has 0 saturated heterocycles. The number of hydrogen-bond donors (Lipinski definition) is 0. The number of halogens is 1. The molecule has 0 spiro atoms. The van der Waals surface area contributed by atoms with E-state index in [0.717, 1.165) is 12.8 Å². The molecule has 1 amide bonds. The molecule has 0 aliphatic carbocycles. The van der Waals surface area contributed by atoms with E-state index in [2.05, 4.69) is 18.9 Å². The zero-order valence-electron chi connectivity index (χ0n) is 10.7. The number of amides is 1. The van der Waals surface area contributed by atoms with Crippen LogP contribution in [0.3, 0.4) is 0 Å². The molecule has 0 atom stereocenters. The number of aromatic nitrogens is 2. The number of carbonyl (C=O) groups is 1. The van der Waals surface area contributed by atoms with Crippen molar-refractivity contribution in [2.75, 3.05) is 12.4 Å². The Labute approximate surface area is 108 Å². The van der Waals surface area contributed by atoms with Crippen molar-refractivity contribution in [1.29, 1.82) is 0 Å². The van der Waals surface area contributed by atoms with Gasteiger partial charge in [-0.1, -0.05) is 13.8 Å². The SMILES string of the molecule is CCC(CC)N(CCCl)C(=O)c1ccnn1C. The zero-order chi connectivity index (χ0) is 12.8. The number of hydrogen-bond acceptors (Lipinski definition) is 2. The fourth-order valence-corrected chi connectivity index (χ4v) is 2.18. The third kappa shape index (κ3) is 3.22. The maximum atomic E-state index is 12.4. The second-order valence-corrected chi connectivity index (χ2v) is 4.38. The van der Waals surface area contributed by atoms with Crippen LogP contribution < -0.4 is 0 Å². The first-order valence-corrected chi connectivity index (χ1v) is 6.54. The molecule has 0 aromatic carbocycles. The minimum absolute atomic E-state index is 0.0133. The number of carbonyl (C=O) groups excluding carboxylic acids is 1. The van der Waals surface area contributed by atoms with Gasteiger partial charge in [-0.3, -0.25) is 9.48 Å². The lowest BCUT2D eigenvalue weighted by atomic mass is 10.1. The highest BCUT2D eigenvalue weighted by molar-refractivity contribution is 6.18. The highest BCUT2D eigenvalue weighted by Gasteiger charge is 2.23. The van der Waals surface area contributed by atoms with Crippen molar-refractivity contribution in [3.63, 3.8) is 0 Å². The molecule has 17 heavy (non-hydrogen) atoms. The predicted molar refractivity (Wildman–Crippen MR) is 69.3 cm³/mol. The Hall–Kier alpha value is -1.03. The summed E-state index contributed by atoms with van der Waals surface area (Å²) in [6.07, 6.45) is 3.52. The van der Waals surface area contributed by atoms with Gasteiger partial charge in [-0.05, 0) is 18.9 Å². The summed E-state index contributed by atoms with van der Waals surface area (Å²) in [5, 5.41) is 4.03. The van der Waals surface area contributed by atoms with Gasteiger partial charge in [0.25, 0.3) is 5.91 Å². The molecule has 0 aliphatic rings. The first-order chi connectivity index (χ1) is 8.15. The van der Waals surface area contributed by atoms with Crippen LogP contribution in [0.1, 0.15) is 37.2 Å². The quantitative estimate of drug-likeness (QED) is 0.734. The summed E-state index contributed by atoms with van der Waals surface area (Å²) in [7, 11) is 1.78. The van der Waals surface area contributed by atoms with Crippen LogP contribution in [-0.4, -0.2) is 39.1 Å². The van der Waals surface area contributed by atoms with Gasteiger partial charge in [0.1, 0.15) is 5.69 Å². The van der Waals surface area contributed by atoms with Crippen molar-refractivity contribution in [3.8, 4) is 0 Å².